The van der Waals surface area contributed by atoms with Gasteiger partial charge in [0.15, 0.2) is 0 Å². The van der Waals surface area contributed by atoms with Crippen molar-refractivity contribution in [2.45, 2.75) is 58.3 Å². The summed E-state index contributed by atoms with van der Waals surface area (Å²) in [6.07, 6.45) is 15.0. The van der Waals surface area contributed by atoms with Crippen LogP contribution in [0.5, 0.6) is 5.75 Å². The van der Waals surface area contributed by atoms with Gasteiger partial charge in [0.25, 0.3) is 0 Å². The van der Waals surface area contributed by atoms with Gasteiger partial charge in [0.2, 0.25) is 0 Å². The Morgan fingerprint density at radius 2 is 1.60 bits per heavy atom. The average Bonchev–Trinajstić information content (AvgIpc) is 2.50. The maximum absolute atomic E-state index is 10.5. The van der Waals surface area contributed by atoms with Crippen LogP contribution in [-0.4, -0.2) is 6.29 Å². The minimum atomic E-state index is 0.671. The summed E-state index contributed by atoms with van der Waals surface area (Å²) < 4.78 is 5.47. The molecule has 0 spiro atoms. The van der Waals surface area contributed by atoms with Crippen molar-refractivity contribution in [3.63, 3.8) is 0 Å². The van der Waals surface area contributed by atoms with Crippen molar-refractivity contribution in [1.82, 2.24) is 0 Å². The molecule has 0 aliphatic heterocycles. The molecule has 0 N–H and O–H groups in total. The van der Waals surface area contributed by atoms with E-state index >= 15 is 0 Å². The summed E-state index contributed by atoms with van der Waals surface area (Å²) in [7, 11) is 0. The van der Waals surface area contributed by atoms with Crippen LogP contribution in [0.4, 0.5) is 0 Å². The molecule has 0 aliphatic rings. The first-order chi connectivity index (χ1) is 9.86. The molecule has 20 heavy (non-hydrogen) atoms. The van der Waals surface area contributed by atoms with E-state index in [2.05, 4.69) is 13.0 Å². The number of allylic oxidation sites excluding steroid dienone is 1. The predicted molar refractivity (Wildman–Crippen MR) is 84.2 cm³/mol. The number of rotatable bonds is 11. The largest absolute Gasteiger partial charge is 0.465 e. The summed E-state index contributed by atoms with van der Waals surface area (Å²) >= 11 is 0. The molecule has 0 aliphatic carbocycles. The summed E-state index contributed by atoms with van der Waals surface area (Å²) in [4.78, 5) is 10.5. The molecule has 0 unspecified atom stereocenters. The van der Waals surface area contributed by atoms with Crippen molar-refractivity contribution >= 4 is 6.29 Å². The van der Waals surface area contributed by atoms with Crippen molar-refractivity contribution in [3.05, 3.63) is 42.2 Å². The molecule has 0 fully saturated rings. The van der Waals surface area contributed by atoms with Crippen LogP contribution in [0.1, 0.15) is 68.6 Å². The molecule has 1 aromatic rings. The molecule has 0 atom stereocenters. The number of ether oxygens (including phenoxy) is 1. The van der Waals surface area contributed by atoms with E-state index in [9.17, 15) is 4.79 Å². The summed E-state index contributed by atoms with van der Waals surface area (Å²) in [5, 5.41) is 0. The number of carbonyl (C=O) groups excluding carboxylic acids is 1. The second-order valence-corrected chi connectivity index (χ2v) is 5.09. The van der Waals surface area contributed by atoms with Crippen LogP contribution in [0, 0.1) is 0 Å². The number of hydrogen-bond acceptors (Lipinski definition) is 2. The van der Waals surface area contributed by atoms with E-state index in [1.807, 2.05) is 12.1 Å². The molecule has 0 saturated carbocycles. The summed E-state index contributed by atoms with van der Waals surface area (Å²) in [5.74, 6) is 0.770. The van der Waals surface area contributed by atoms with Crippen molar-refractivity contribution in [2.24, 2.45) is 0 Å². The van der Waals surface area contributed by atoms with Gasteiger partial charge in [0.1, 0.15) is 12.0 Å². The van der Waals surface area contributed by atoms with E-state index < -0.39 is 0 Å². The summed E-state index contributed by atoms with van der Waals surface area (Å²) in [5.41, 5.74) is 0.671. The Morgan fingerprint density at radius 3 is 2.25 bits per heavy atom. The van der Waals surface area contributed by atoms with Gasteiger partial charge in [-0.05, 0) is 43.2 Å². The lowest BCUT2D eigenvalue weighted by molar-refractivity contribution is 0.112. The zero-order valence-corrected chi connectivity index (χ0v) is 12.5. The Hall–Kier alpha value is -1.57. The molecule has 1 rings (SSSR count). The normalized spacial score (nSPS) is 10.8. The lowest BCUT2D eigenvalue weighted by atomic mass is 10.1. The van der Waals surface area contributed by atoms with Crippen LogP contribution in [0.15, 0.2) is 36.6 Å². The van der Waals surface area contributed by atoms with E-state index in [0.29, 0.717) is 5.56 Å². The zero-order chi connectivity index (χ0) is 14.5. The Kier molecular flexibility index (Phi) is 9.29. The average molecular weight is 274 g/mol. The number of hydrogen-bond donors (Lipinski definition) is 0. The second-order valence-electron chi connectivity index (χ2n) is 5.09. The van der Waals surface area contributed by atoms with Crippen LogP contribution in [0.25, 0.3) is 0 Å². The number of unbranched alkanes of at least 4 members (excludes halogenated alkanes) is 7. The first-order valence-electron chi connectivity index (χ1n) is 7.73. The van der Waals surface area contributed by atoms with Gasteiger partial charge < -0.3 is 4.74 Å². The van der Waals surface area contributed by atoms with Crippen molar-refractivity contribution in [3.8, 4) is 5.75 Å². The Balaban J connectivity index is 2.02. The van der Waals surface area contributed by atoms with Crippen LogP contribution < -0.4 is 4.74 Å². The predicted octanol–water partition coefficient (Wildman–Crippen LogP) is 5.53. The van der Waals surface area contributed by atoms with Crippen molar-refractivity contribution in [1.29, 1.82) is 0 Å². The van der Waals surface area contributed by atoms with E-state index in [-0.39, 0.29) is 0 Å². The van der Waals surface area contributed by atoms with Gasteiger partial charge in [-0.25, -0.2) is 0 Å². The molecule has 2 heteroatoms. The van der Waals surface area contributed by atoms with Gasteiger partial charge in [-0.2, -0.15) is 0 Å². The van der Waals surface area contributed by atoms with E-state index in [4.69, 9.17) is 4.74 Å². The highest BCUT2D eigenvalue weighted by atomic mass is 16.5. The Bertz CT molecular complexity index is 379. The third-order valence-electron chi connectivity index (χ3n) is 3.29. The minimum Gasteiger partial charge on any atom is -0.465 e. The lowest BCUT2D eigenvalue weighted by Crippen LogP contribution is -1.84. The standard InChI is InChI=1S/C18H26O2/c1-2-3-4-5-6-7-8-9-10-15-20-18-13-11-17(16-19)12-14-18/h10-16H,2-9H2,1H3. The maximum Gasteiger partial charge on any atom is 0.150 e. The smallest absolute Gasteiger partial charge is 0.150 e. The highest BCUT2D eigenvalue weighted by Gasteiger charge is 1.92. The zero-order valence-electron chi connectivity index (χ0n) is 12.5. The topological polar surface area (TPSA) is 26.3 Å². The van der Waals surface area contributed by atoms with Gasteiger partial charge in [-0.15, -0.1) is 0 Å². The van der Waals surface area contributed by atoms with Crippen LogP contribution >= 0.6 is 0 Å². The van der Waals surface area contributed by atoms with Crippen molar-refractivity contribution in [2.75, 3.05) is 0 Å². The molecular weight excluding hydrogens is 248 g/mol. The molecule has 0 radical (unpaired) electrons. The molecule has 0 heterocycles. The molecule has 0 amide bonds. The number of carbonyl (C=O) groups is 1. The van der Waals surface area contributed by atoms with Crippen LogP contribution in [0.3, 0.4) is 0 Å². The van der Waals surface area contributed by atoms with E-state index in [1.54, 1.807) is 18.4 Å². The lowest BCUT2D eigenvalue weighted by Gasteiger charge is -2.00. The molecule has 1 aromatic carbocycles. The third kappa shape index (κ3) is 7.78. The van der Waals surface area contributed by atoms with Gasteiger partial charge in [-0.3, -0.25) is 4.79 Å². The summed E-state index contributed by atoms with van der Waals surface area (Å²) in [6, 6.07) is 7.13. The Labute approximate surface area is 122 Å². The monoisotopic (exact) mass is 274 g/mol. The quantitative estimate of drug-likeness (QED) is 0.301. The first kappa shape index (κ1) is 16.5. The fourth-order valence-corrected chi connectivity index (χ4v) is 2.04. The highest BCUT2D eigenvalue weighted by Crippen LogP contribution is 2.12. The van der Waals surface area contributed by atoms with Gasteiger partial charge in [0.05, 0.1) is 6.26 Å². The fraction of sp³-hybridized carbons (Fsp3) is 0.500. The highest BCUT2D eigenvalue weighted by molar-refractivity contribution is 5.74. The summed E-state index contributed by atoms with van der Waals surface area (Å²) in [6.45, 7) is 2.25. The van der Waals surface area contributed by atoms with Gasteiger partial charge in [-0.1, -0.05) is 45.4 Å². The van der Waals surface area contributed by atoms with Crippen LogP contribution in [-0.2, 0) is 0 Å². The number of aldehydes is 1. The second kappa shape index (κ2) is 11.3. The van der Waals surface area contributed by atoms with Gasteiger partial charge in [0, 0.05) is 5.56 Å². The minimum absolute atomic E-state index is 0.671. The maximum atomic E-state index is 10.5. The SMILES string of the molecule is CCCCCCCCCC=COc1ccc(C=O)cc1. The first-order valence-corrected chi connectivity index (χ1v) is 7.73. The Morgan fingerprint density at radius 1 is 0.950 bits per heavy atom. The fourth-order valence-electron chi connectivity index (χ4n) is 2.04. The van der Waals surface area contributed by atoms with E-state index in [1.165, 1.54) is 44.9 Å². The molecule has 110 valence electrons. The van der Waals surface area contributed by atoms with Gasteiger partial charge >= 0.3 is 0 Å². The van der Waals surface area contributed by atoms with Crippen LogP contribution in [0.2, 0.25) is 0 Å². The third-order valence-corrected chi connectivity index (χ3v) is 3.29. The van der Waals surface area contributed by atoms with Crippen molar-refractivity contribution < 1.29 is 9.53 Å². The van der Waals surface area contributed by atoms with E-state index in [0.717, 1.165) is 18.5 Å². The molecule has 0 bridgehead atoms. The molecule has 0 aromatic heterocycles. The molecule has 2 nitrogen and oxygen atoms in total. The number of benzene rings is 1. The molecular formula is C18H26O2. The molecule has 0 saturated heterocycles.